The highest BCUT2D eigenvalue weighted by molar-refractivity contribution is 5.87. The molecular weight excluding hydrogens is 292 g/mol. The van der Waals surface area contributed by atoms with E-state index in [0.29, 0.717) is 13.0 Å². The predicted molar refractivity (Wildman–Crippen MR) is 91.1 cm³/mol. The highest BCUT2D eigenvalue weighted by Crippen LogP contribution is 2.21. The second-order valence-corrected chi connectivity index (χ2v) is 6.88. The van der Waals surface area contributed by atoms with Crippen LogP contribution in [0, 0.1) is 5.41 Å². The van der Waals surface area contributed by atoms with Gasteiger partial charge in [0.2, 0.25) is 11.8 Å². The molecule has 0 unspecified atom stereocenters. The smallest absolute Gasteiger partial charge is 0.239 e. The van der Waals surface area contributed by atoms with Gasteiger partial charge in [0.1, 0.15) is 11.8 Å². The summed E-state index contributed by atoms with van der Waals surface area (Å²) in [5.41, 5.74) is 6.35. The molecule has 1 aromatic carbocycles. The number of nitrogens with one attached hydrogen (secondary N) is 1. The number of rotatable bonds is 8. The Morgan fingerprint density at radius 1 is 1.22 bits per heavy atom. The van der Waals surface area contributed by atoms with Crippen LogP contribution in [-0.4, -0.2) is 24.5 Å². The van der Waals surface area contributed by atoms with E-state index in [2.05, 4.69) is 26.1 Å². The third kappa shape index (κ3) is 7.68. The molecule has 1 rings (SSSR count). The topological polar surface area (TPSA) is 81.4 Å². The number of ether oxygens (including phenoxy) is 1. The lowest BCUT2D eigenvalue weighted by molar-refractivity contribution is -0.127. The molecule has 0 aliphatic heterocycles. The summed E-state index contributed by atoms with van der Waals surface area (Å²) in [6.45, 7) is 8.79. The Hall–Kier alpha value is -2.04. The summed E-state index contributed by atoms with van der Waals surface area (Å²) in [6, 6.07) is 6.73. The van der Waals surface area contributed by atoms with Crippen molar-refractivity contribution in [1.82, 2.24) is 5.32 Å². The van der Waals surface area contributed by atoms with Gasteiger partial charge in [0.05, 0.1) is 13.0 Å². The number of hydrogen-bond acceptors (Lipinski definition) is 3. The van der Waals surface area contributed by atoms with E-state index in [0.717, 1.165) is 17.7 Å². The van der Waals surface area contributed by atoms with Crippen LogP contribution in [0.5, 0.6) is 5.75 Å². The minimum Gasteiger partial charge on any atom is -0.494 e. The van der Waals surface area contributed by atoms with Gasteiger partial charge in [-0.15, -0.1) is 0 Å². The number of hydrogen-bond donors (Lipinski definition) is 2. The second kappa shape index (κ2) is 8.56. The van der Waals surface area contributed by atoms with Crippen molar-refractivity contribution in [3.8, 4) is 5.75 Å². The highest BCUT2D eigenvalue weighted by atomic mass is 16.5. The summed E-state index contributed by atoms with van der Waals surface area (Å²) in [5.74, 6) is 0.0815. The molecule has 2 amide bonds. The van der Waals surface area contributed by atoms with Gasteiger partial charge in [0, 0.05) is 0 Å². The van der Waals surface area contributed by atoms with Gasteiger partial charge in [-0.3, -0.25) is 9.59 Å². The largest absolute Gasteiger partial charge is 0.494 e. The Morgan fingerprint density at radius 3 is 2.30 bits per heavy atom. The van der Waals surface area contributed by atoms with Crippen molar-refractivity contribution in [2.75, 3.05) is 6.61 Å². The lowest BCUT2D eigenvalue weighted by Crippen LogP contribution is -2.45. The third-order valence-corrected chi connectivity index (χ3v) is 3.46. The van der Waals surface area contributed by atoms with Gasteiger partial charge >= 0.3 is 0 Å². The van der Waals surface area contributed by atoms with Crippen LogP contribution in [-0.2, 0) is 16.0 Å². The molecule has 0 aliphatic rings. The van der Waals surface area contributed by atoms with E-state index in [1.54, 1.807) is 0 Å². The summed E-state index contributed by atoms with van der Waals surface area (Å²) in [4.78, 5) is 23.6. The minimum absolute atomic E-state index is 0.0908. The molecule has 0 radical (unpaired) electrons. The highest BCUT2D eigenvalue weighted by Gasteiger charge is 2.21. The molecule has 1 atom stereocenters. The van der Waals surface area contributed by atoms with E-state index < -0.39 is 11.9 Å². The number of amides is 2. The van der Waals surface area contributed by atoms with Crippen molar-refractivity contribution in [1.29, 1.82) is 0 Å². The number of benzene rings is 1. The monoisotopic (exact) mass is 320 g/mol. The first-order valence-electron chi connectivity index (χ1n) is 8.01. The zero-order chi connectivity index (χ0) is 17.5. The molecule has 0 bridgehead atoms. The average molecular weight is 320 g/mol. The summed E-state index contributed by atoms with van der Waals surface area (Å²) in [5, 5.41) is 2.73. The first-order valence-corrected chi connectivity index (χ1v) is 8.01. The number of carbonyl (C=O) groups is 2. The van der Waals surface area contributed by atoms with Crippen LogP contribution >= 0.6 is 0 Å². The van der Waals surface area contributed by atoms with Gasteiger partial charge in [0.15, 0.2) is 0 Å². The first-order chi connectivity index (χ1) is 10.7. The molecule has 0 aromatic heterocycles. The number of nitrogens with two attached hydrogens (primary N) is 1. The lowest BCUT2D eigenvalue weighted by atomic mass is 9.88. The van der Waals surface area contributed by atoms with Crippen molar-refractivity contribution < 1.29 is 14.3 Å². The Labute approximate surface area is 138 Å². The fourth-order valence-electron chi connectivity index (χ4n) is 2.16. The van der Waals surface area contributed by atoms with Gasteiger partial charge in [-0.1, -0.05) is 32.9 Å². The molecule has 0 spiro atoms. The zero-order valence-electron chi connectivity index (χ0n) is 14.5. The van der Waals surface area contributed by atoms with Gasteiger partial charge < -0.3 is 15.8 Å². The normalized spacial score (nSPS) is 12.5. The summed E-state index contributed by atoms with van der Waals surface area (Å²) in [6.07, 6.45) is 1.57. The van der Waals surface area contributed by atoms with Crippen LogP contribution in [0.1, 0.15) is 46.1 Å². The van der Waals surface area contributed by atoms with Crippen molar-refractivity contribution in [3.05, 3.63) is 29.8 Å². The second-order valence-electron chi connectivity index (χ2n) is 6.88. The van der Waals surface area contributed by atoms with Crippen molar-refractivity contribution >= 4 is 11.8 Å². The maximum Gasteiger partial charge on any atom is 0.239 e. The third-order valence-electron chi connectivity index (χ3n) is 3.46. The van der Waals surface area contributed by atoms with Crippen molar-refractivity contribution in [3.63, 3.8) is 0 Å². The van der Waals surface area contributed by atoms with E-state index in [9.17, 15) is 9.59 Å². The van der Waals surface area contributed by atoms with E-state index >= 15 is 0 Å². The van der Waals surface area contributed by atoms with Crippen LogP contribution in [0.4, 0.5) is 0 Å². The Morgan fingerprint density at radius 2 is 1.83 bits per heavy atom. The molecular formula is C18H28N2O3. The molecule has 5 heteroatoms. The molecule has 0 aliphatic carbocycles. The number of carbonyl (C=O) groups excluding carboxylic acids is 2. The Balaban J connectivity index is 2.56. The van der Waals surface area contributed by atoms with E-state index in [4.69, 9.17) is 10.5 Å². The van der Waals surface area contributed by atoms with Crippen LogP contribution < -0.4 is 15.8 Å². The predicted octanol–water partition coefficient (Wildman–Crippen LogP) is 2.42. The summed E-state index contributed by atoms with van der Waals surface area (Å²) >= 11 is 0. The van der Waals surface area contributed by atoms with Crippen molar-refractivity contribution in [2.45, 2.75) is 53.0 Å². The maximum absolute atomic E-state index is 12.1. The average Bonchev–Trinajstić information content (AvgIpc) is 2.44. The maximum atomic E-state index is 12.1. The summed E-state index contributed by atoms with van der Waals surface area (Å²) < 4.78 is 5.36. The SMILES string of the molecule is CCOc1ccc(CC(=O)N[C@H](CCC(C)(C)C)C(N)=O)cc1. The molecule has 0 fully saturated rings. The molecule has 0 heterocycles. The van der Waals surface area contributed by atoms with Crippen LogP contribution in [0.15, 0.2) is 24.3 Å². The molecule has 1 aromatic rings. The standard InChI is InChI=1S/C18H28N2O3/c1-5-23-14-8-6-13(7-9-14)12-16(21)20-15(17(19)22)10-11-18(2,3)4/h6-9,15H,5,10-12H2,1-4H3,(H2,19,22)(H,20,21)/t15-/m1/s1. The Kier molecular flexibility index (Phi) is 7.07. The fourth-order valence-corrected chi connectivity index (χ4v) is 2.16. The van der Waals surface area contributed by atoms with E-state index in [-0.39, 0.29) is 17.7 Å². The summed E-state index contributed by atoms with van der Waals surface area (Å²) in [7, 11) is 0. The zero-order valence-corrected chi connectivity index (χ0v) is 14.5. The van der Waals surface area contributed by atoms with Gasteiger partial charge in [-0.05, 0) is 42.9 Å². The van der Waals surface area contributed by atoms with Gasteiger partial charge in [-0.25, -0.2) is 0 Å². The molecule has 0 saturated heterocycles. The lowest BCUT2D eigenvalue weighted by Gasteiger charge is -2.22. The number of primary amides is 1. The molecule has 5 nitrogen and oxygen atoms in total. The molecule has 128 valence electrons. The van der Waals surface area contributed by atoms with Crippen LogP contribution in [0.3, 0.4) is 0 Å². The quantitative estimate of drug-likeness (QED) is 0.772. The van der Waals surface area contributed by atoms with Gasteiger partial charge in [-0.2, -0.15) is 0 Å². The van der Waals surface area contributed by atoms with Crippen LogP contribution in [0.2, 0.25) is 0 Å². The van der Waals surface area contributed by atoms with E-state index in [1.165, 1.54) is 0 Å². The Bertz CT molecular complexity index is 518. The van der Waals surface area contributed by atoms with Crippen molar-refractivity contribution in [2.24, 2.45) is 11.1 Å². The van der Waals surface area contributed by atoms with Gasteiger partial charge in [0.25, 0.3) is 0 Å². The minimum atomic E-state index is -0.621. The van der Waals surface area contributed by atoms with E-state index in [1.807, 2.05) is 31.2 Å². The fraction of sp³-hybridized carbons (Fsp3) is 0.556. The molecule has 23 heavy (non-hydrogen) atoms. The molecule has 3 N–H and O–H groups in total. The first kappa shape index (κ1) is 19.0. The molecule has 0 saturated carbocycles. The van der Waals surface area contributed by atoms with Crippen LogP contribution in [0.25, 0.3) is 0 Å².